The monoisotopic (exact) mass is 566 g/mol. The van der Waals surface area contributed by atoms with Crippen LogP contribution in [0.5, 0.6) is 0 Å². The fraction of sp³-hybridized carbons (Fsp3) is 0.0270. The Balaban J connectivity index is 1.41. The summed E-state index contributed by atoms with van der Waals surface area (Å²) in [6.45, 7) is 0. The summed E-state index contributed by atoms with van der Waals surface area (Å²) in [7, 11) is -6.23. The lowest BCUT2D eigenvalue weighted by Crippen LogP contribution is -2.25. The molecule has 1 aliphatic carbocycles. The maximum atomic E-state index is 15.1. The van der Waals surface area contributed by atoms with Crippen molar-refractivity contribution in [2.24, 2.45) is 0 Å². The van der Waals surface area contributed by atoms with E-state index in [2.05, 4.69) is 24.3 Å². The molecule has 0 unspecified atom stereocenters. The maximum absolute atomic E-state index is 15.1. The van der Waals surface area contributed by atoms with E-state index < -0.39 is 14.3 Å². The molecule has 0 atom stereocenters. The molecule has 0 aliphatic heterocycles. The van der Waals surface area contributed by atoms with Crippen LogP contribution in [0.2, 0.25) is 0 Å². The van der Waals surface area contributed by atoms with Gasteiger partial charge in [-0.2, -0.15) is 0 Å². The molecule has 7 rings (SSSR count). The summed E-state index contributed by atoms with van der Waals surface area (Å²) in [6.07, 6.45) is 0.799. The van der Waals surface area contributed by atoms with Crippen LogP contribution >= 0.6 is 14.3 Å². The third-order valence-corrected chi connectivity index (χ3v) is 14.2. The van der Waals surface area contributed by atoms with Gasteiger partial charge in [-0.05, 0) is 40.8 Å². The molecule has 198 valence electrons. The summed E-state index contributed by atoms with van der Waals surface area (Å²) in [4.78, 5) is 0. The normalized spacial score (nSPS) is 12.5. The molecular formula is C37H28O2P2. The summed E-state index contributed by atoms with van der Waals surface area (Å²) in [5, 5.41) is 4.88. The zero-order chi connectivity index (χ0) is 27.9. The summed E-state index contributed by atoms with van der Waals surface area (Å²) in [5.41, 5.74) is 4.53. The minimum atomic E-state index is -3.12. The van der Waals surface area contributed by atoms with Gasteiger partial charge in [-0.1, -0.05) is 146 Å². The second-order valence-electron chi connectivity index (χ2n) is 10.4. The highest BCUT2D eigenvalue weighted by Crippen LogP contribution is 2.47. The average Bonchev–Trinajstić information content (AvgIpc) is 3.43. The average molecular weight is 567 g/mol. The molecular weight excluding hydrogens is 538 g/mol. The van der Waals surface area contributed by atoms with Gasteiger partial charge in [0.05, 0.1) is 0 Å². The Labute approximate surface area is 241 Å². The predicted molar refractivity (Wildman–Crippen MR) is 173 cm³/mol. The SMILES string of the molecule is O=P(c1ccccc1)(c1ccccc1)c1ccc2c(c1)-c1cc(P(=O)(c3ccccc3)c3ccccc3)ccc1C2. The van der Waals surface area contributed by atoms with Gasteiger partial charge < -0.3 is 9.13 Å². The van der Waals surface area contributed by atoms with Crippen LogP contribution in [0.1, 0.15) is 11.1 Å². The molecule has 0 bridgehead atoms. The van der Waals surface area contributed by atoms with E-state index in [1.165, 1.54) is 11.1 Å². The van der Waals surface area contributed by atoms with Crippen LogP contribution in [-0.2, 0) is 15.6 Å². The Hall–Kier alpha value is -4.22. The molecule has 0 saturated heterocycles. The van der Waals surface area contributed by atoms with Crippen LogP contribution in [0, 0.1) is 0 Å². The molecule has 0 spiro atoms. The van der Waals surface area contributed by atoms with Gasteiger partial charge in [-0.25, -0.2) is 0 Å². The second-order valence-corrected chi connectivity index (χ2v) is 16.0. The fourth-order valence-electron chi connectivity index (χ4n) is 5.98. The predicted octanol–water partition coefficient (Wildman–Crippen LogP) is 6.54. The van der Waals surface area contributed by atoms with E-state index in [9.17, 15) is 0 Å². The van der Waals surface area contributed by atoms with Crippen LogP contribution in [-0.4, -0.2) is 0 Å². The maximum Gasteiger partial charge on any atom is 0.171 e. The van der Waals surface area contributed by atoms with Crippen molar-refractivity contribution in [2.45, 2.75) is 6.42 Å². The standard InChI is InChI=1S/C37H28O2P2/c38-40(30-13-5-1-6-14-30,31-15-7-2-8-16-31)34-23-21-28-25-29-22-24-35(27-37(29)36(28)26-34)41(39,32-17-9-3-10-18-32)33-19-11-4-12-20-33/h1-24,26-27H,25H2. The van der Waals surface area contributed by atoms with Crippen molar-refractivity contribution in [1.29, 1.82) is 0 Å². The van der Waals surface area contributed by atoms with Crippen molar-refractivity contribution >= 4 is 46.1 Å². The van der Waals surface area contributed by atoms with E-state index in [4.69, 9.17) is 0 Å². The lowest BCUT2D eigenvalue weighted by atomic mass is 10.1. The number of fused-ring (bicyclic) bond motifs is 3. The van der Waals surface area contributed by atoms with Crippen LogP contribution in [0.25, 0.3) is 11.1 Å². The Morgan fingerprint density at radius 1 is 0.341 bits per heavy atom. The summed E-state index contributed by atoms with van der Waals surface area (Å²) >= 11 is 0. The lowest BCUT2D eigenvalue weighted by Gasteiger charge is -2.22. The zero-order valence-corrected chi connectivity index (χ0v) is 24.2. The third kappa shape index (κ3) is 4.27. The van der Waals surface area contributed by atoms with Crippen molar-refractivity contribution in [3.8, 4) is 11.1 Å². The first-order valence-electron chi connectivity index (χ1n) is 13.8. The Morgan fingerprint density at radius 3 is 0.927 bits per heavy atom. The third-order valence-electron chi connectivity index (χ3n) is 8.06. The molecule has 6 aromatic carbocycles. The van der Waals surface area contributed by atoms with Crippen molar-refractivity contribution in [3.63, 3.8) is 0 Å². The van der Waals surface area contributed by atoms with E-state index in [-0.39, 0.29) is 0 Å². The Kier molecular flexibility index (Phi) is 6.47. The number of benzene rings is 6. The van der Waals surface area contributed by atoms with Crippen molar-refractivity contribution in [1.82, 2.24) is 0 Å². The van der Waals surface area contributed by atoms with Crippen LogP contribution < -0.4 is 31.8 Å². The summed E-state index contributed by atoms with van der Waals surface area (Å²) < 4.78 is 30.2. The first-order chi connectivity index (χ1) is 20.1. The molecule has 0 saturated carbocycles. The van der Waals surface area contributed by atoms with E-state index in [1.54, 1.807) is 0 Å². The van der Waals surface area contributed by atoms with Gasteiger partial charge in [0, 0.05) is 31.8 Å². The quantitative estimate of drug-likeness (QED) is 0.214. The fourth-order valence-corrected chi connectivity index (χ4v) is 11.3. The molecule has 1 aliphatic rings. The Bertz CT molecular complexity index is 1720. The van der Waals surface area contributed by atoms with Crippen molar-refractivity contribution in [2.75, 3.05) is 0 Å². The topological polar surface area (TPSA) is 34.1 Å². The molecule has 41 heavy (non-hydrogen) atoms. The van der Waals surface area contributed by atoms with E-state index in [1.807, 2.05) is 133 Å². The van der Waals surface area contributed by atoms with E-state index in [0.29, 0.717) is 0 Å². The van der Waals surface area contributed by atoms with E-state index in [0.717, 1.165) is 49.4 Å². The smallest absolute Gasteiger partial charge is 0.171 e. The van der Waals surface area contributed by atoms with Gasteiger partial charge >= 0.3 is 0 Å². The summed E-state index contributed by atoms with van der Waals surface area (Å²) in [6, 6.07) is 51.6. The van der Waals surface area contributed by atoms with Crippen LogP contribution in [0.4, 0.5) is 0 Å². The largest absolute Gasteiger partial charge is 0.309 e. The molecule has 0 amide bonds. The highest BCUT2D eigenvalue weighted by Gasteiger charge is 2.34. The Morgan fingerprint density at radius 2 is 0.634 bits per heavy atom. The lowest BCUT2D eigenvalue weighted by molar-refractivity contribution is 0.591. The first kappa shape index (κ1) is 25.7. The van der Waals surface area contributed by atoms with Crippen molar-refractivity contribution in [3.05, 3.63) is 169 Å². The molecule has 0 N–H and O–H groups in total. The van der Waals surface area contributed by atoms with Gasteiger partial charge in [0.2, 0.25) is 0 Å². The molecule has 2 nitrogen and oxygen atoms in total. The van der Waals surface area contributed by atoms with Crippen LogP contribution in [0.3, 0.4) is 0 Å². The van der Waals surface area contributed by atoms with Gasteiger partial charge in [0.15, 0.2) is 14.3 Å². The molecule has 0 heterocycles. The van der Waals surface area contributed by atoms with Crippen LogP contribution in [0.15, 0.2) is 158 Å². The molecule has 0 fully saturated rings. The van der Waals surface area contributed by atoms with E-state index >= 15 is 9.13 Å². The van der Waals surface area contributed by atoms with Gasteiger partial charge in [0.1, 0.15) is 0 Å². The van der Waals surface area contributed by atoms with Gasteiger partial charge in [-0.3, -0.25) is 0 Å². The number of hydrogen-bond donors (Lipinski definition) is 0. The molecule has 0 radical (unpaired) electrons. The van der Waals surface area contributed by atoms with Crippen molar-refractivity contribution < 1.29 is 9.13 Å². The number of hydrogen-bond acceptors (Lipinski definition) is 2. The number of rotatable bonds is 6. The second kappa shape index (κ2) is 10.3. The summed E-state index contributed by atoms with van der Waals surface area (Å²) in [5.74, 6) is 0. The zero-order valence-electron chi connectivity index (χ0n) is 22.4. The minimum Gasteiger partial charge on any atom is -0.309 e. The van der Waals surface area contributed by atoms with Gasteiger partial charge in [-0.15, -0.1) is 0 Å². The van der Waals surface area contributed by atoms with Gasteiger partial charge in [0.25, 0.3) is 0 Å². The highest BCUT2D eigenvalue weighted by molar-refractivity contribution is 7.85. The minimum absolute atomic E-state index is 0.799. The molecule has 4 heteroatoms. The molecule has 6 aromatic rings. The molecule has 0 aromatic heterocycles. The highest BCUT2D eigenvalue weighted by atomic mass is 31.2. The first-order valence-corrected chi connectivity index (χ1v) is 17.2.